The Balaban J connectivity index is 1.91. The number of fused-ring (bicyclic) bond motifs is 1. The fraction of sp³-hybridized carbons (Fsp3) is 0.800. The Morgan fingerprint density at radius 2 is 1.64 bits per heavy atom. The molecule has 3 rings (SSSR count). The van der Waals surface area contributed by atoms with Crippen LogP contribution in [0.5, 0.6) is 0 Å². The number of nitrogens with zero attached hydrogens (tertiary/aromatic N) is 2. The summed E-state index contributed by atoms with van der Waals surface area (Å²) >= 11 is 0. The normalized spacial score (nSPS) is 24.3. The van der Waals surface area contributed by atoms with Crippen molar-refractivity contribution in [3.8, 4) is 0 Å². The predicted molar refractivity (Wildman–Crippen MR) is 192 cm³/mol. The number of rotatable bonds is 16. The number of piperidine rings is 1. The van der Waals surface area contributed by atoms with Crippen molar-refractivity contribution in [2.45, 2.75) is 118 Å². The number of hydrogen-bond acceptors (Lipinski definition) is 7. The molecule has 6 atom stereocenters. The van der Waals surface area contributed by atoms with Gasteiger partial charge in [-0.05, 0) is 47.3 Å². The molecule has 50 heavy (non-hydrogen) atoms. The van der Waals surface area contributed by atoms with Gasteiger partial charge in [0.1, 0.15) is 12.1 Å². The molecule has 0 radical (unpaired) electrons. The van der Waals surface area contributed by atoms with Gasteiger partial charge in [-0.25, -0.2) is 9.52 Å². The molecule has 0 bridgehead atoms. The van der Waals surface area contributed by atoms with Crippen molar-refractivity contribution in [2.24, 2.45) is 28.1 Å². The Morgan fingerprint density at radius 3 is 2.18 bits per heavy atom. The first kappa shape index (κ1) is 41.4. The molecule has 1 unspecified atom stereocenters. The third-order valence-electron chi connectivity index (χ3n) is 11.3. The second-order valence-corrected chi connectivity index (χ2v) is 18.3. The number of hydrogen-bond donors (Lipinski definition) is 5. The molecule has 14 nitrogen and oxygen atoms in total. The Kier molecular flexibility index (Phi) is 13.3. The van der Waals surface area contributed by atoms with Crippen molar-refractivity contribution < 1.29 is 32.4 Å². The second-order valence-electron chi connectivity index (χ2n) is 16.3. The van der Waals surface area contributed by atoms with Gasteiger partial charge in [0.2, 0.25) is 17.6 Å². The molecule has 1 heterocycles. The van der Waals surface area contributed by atoms with E-state index in [-0.39, 0.29) is 42.7 Å². The molecule has 0 aromatic heterocycles. The summed E-state index contributed by atoms with van der Waals surface area (Å²) in [6.45, 7) is 17.6. The maximum Gasteiger partial charge on any atom is 0.315 e. The van der Waals surface area contributed by atoms with Crippen molar-refractivity contribution >= 4 is 39.7 Å². The van der Waals surface area contributed by atoms with E-state index in [1.807, 2.05) is 34.6 Å². The predicted octanol–water partition coefficient (Wildman–Crippen LogP) is 2.07. The first-order valence-electron chi connectivity index (χ1n) is 17.9. The lowest BCUT2D eigenvalue weighted by atomic mass is 9.70. The van der Waals surface area contributed by atoms with Crippen LogP contribution in [0.3, 0.4) is 0 Å². The van der Waals surface area contributed by atoms with Crippen LogP contribution in [-0.2, 0) is 29.4 Å². The van der Waals surface area contributed by atoms with Crippen molar-refractivity contribution in [3.05, 3.63) is 12.7 Å². The highest BCUT2D eigenvalue weighted by Crippen LogP contribution is 2.65. The lowest BCUT2D eigenvalue weighted by Gasteiger charge is -2.43. The van der Waals surface area contributed by atoms with E-state index in [1.54, 1.807) is 4.90 Å². The van der Waals surface area contributed by atoms with Crippen molar-refractivity contribution in [3.63, 3.8) is 0 Å². The Hall–Kier alpha value is -3.04. The number of likely N-dealkylation sites (tertiary alicyclic amines) is 1. The van der Waals surface area contributed by atoms with Gasteiger partial charge in [-0.2, -0.15) is 12.7 Å². The van der Waals surface area contributed by atoms with Crippen molar-refractivity contribution in [1.82, 2.24) is 35.2 Å². The van der Waals surface area contributed by atoms with E-state index >= 15 is 0 Å². The van der Waals surface area contributed by atoms with Gasteiger partial charge in [-0.3, -0.25) is 19.2 Å². The molecule has 5 amide bonds. The fourth-order valence-corrected chi connectivity index (χ4v) is 8.42. The number of urea groups is 1. The summed E-state index contributed by atoms with van der Waals surface area (Å²) in [7, 11) is -1.00. The van der Waals surface area contributed by atoms with Crippen LogP contribution in [0.2, 0.25) is 0 Å². The number of ketones is 1. The summed E-state index contributed by atoms with van der Waals surface area (Å²) in [5.41, 5.74) is -1.34. The number of nitrogens with one attached hydrogen (secondary N) is 5. The maximum absolute atomic E-state index is 14.7. The van der Waals surface area contributed by atoms with Crippen LogP contribution < -0.4 is 26.0 Å². The summed E-state index contributed by atoms with van der Waals surface area (Å²) in [5.74, 6) is -2.51. The van der Waals surface area contributed by atoms with E-state index in [0.717, 1.165) is 23.6 Å². The third-order valence-corrected chi connectivity index (χ3v) is 12.8. The van der Waals surface area contributed by atoms with Gasteiger partial charge in [0, 0.05) is 39.8 Å². The molecule has 1 aliphatic heterocycles. The number of carbonyl (C=O) groups excluding carboxylic acids is 5. The lowest BCUT2D eigenvalue weighted by Crippen LogP contribution is -2.63. The molecule has 0 spiro atoms. The summed E-state index contributed by atoms with van der Waals surface area (Å²) in [5, 5.41) is 11.2. The number of carbonyl (C=O) groups is 5. The quantitative estimate of drug-likeness (QED) is 0.119. The summed E-state index contributed by atoms with van der Waals surface area (Å²) < 4.78 is 28.3. The first-order valence-corrected chi connectivity index (χ1v) is 19.4. The highest BCUT2D eigenvalue weighted by atomic mass is 32.2. The molecule has 0 aromatic carbocycles. The average molecular weight is 724 g/mol. The molecule has 3 aliphatic rings. The standard InChI is InChI=1S/C35H61N7O7S/c1-11-16-23(27(43)30(45)37-19-12-2)38-29(44)26-25-22(34(25,6)7)20-42(26)31(46)28(35(8)17-14-13-15-18-35)40-32(47)39-24(33(3,4)5)21-41(10)50(48,49)36-9/h12,22-26,28,36H,2,11,13-21H2,1,3-10H3,(H,37,45)(H,38,44)(H2,39,40,47)/t22-,23?,24+,25-,26-,28+/m0/s1. The number of likely N-dealkylation sites (N-methyl/N-ethyl adjacent to an activating group) is 1. The minimum atomic E-state index is -3.75. The number of Topliss-reactive ketones (excluding diaryl/α,β-unsaturated/α-hetero) is 1. The van der Waals surface area contributed by atoms with Gasteiger partial charge >= 0.3 is 6.03 Å². The molecule has 3 fully saturated rings. The van der Waals surface area contributed by atoms with E-state index in [4.69, 9.17) is 0 Å². The maximum atomic E-state index is 14.7. The number of amides is 5. The first-order chi connectivity index (χ1) is 23.2. The van der Waals surface area contributed by atoms with Crippen LogP contribution in [0.4, 0.5) is 4.79 Å². The molecule has 1 saturated heterocycles. The molecule has 5 N–H and O–H groups in total. The van der Waals surface area contributed by atoms with Crippen LogP contribution >= 0.6 is 0 Å². The second kappa shape index (κ2) is 16.1. The molecule has 15 heteroatoms. The van der Waals surface area contributed by atoms with E-state index < -0.39 is 68.8 Å². The Morgan fingerprint density at radius 1 is 1.02 bits per heavy atom. The molecule has 2 aliphatic carbocycles. The highest BCUT2D eigenvalue weighted by Gasteiger charge is 2.70. The van der Waals surface area contributed by atoms with Gasteiger partial charge in [-0.1, -0.05) is 80.2 Å². The largest absolute Gasteiger partial charge is 0.346 e. The average Bonchev–Trinajstić information content (AvgIpc) is 3.34. The Labute approximate surface area is 298 Å². The smallest absolute Gasteiger partial charge is 0.315 e. The van der Waals surface area contributed by atoms with Crippen LogP contribution in [0.25, 0.3) is 0 Å². The SMILES string of the molecule is C=CCNC(=O)C(=O)C(CCC)NC(=O)[C@@H]1[C@@H]2[C@H](CN1C(=O)[C@@H](NC(=O)N[C@H](CN(C)S(=O)(=O)NC)C(C)(C)C)C1(C)CCCCC1)C2(C)C. The molecule has 284 valence electrons. The van der Waals surface area contributed by atoms with E-state index in [9.17, 15) is 32.4 Å². The third kappa shape index (κ3) is 9.24. The lowest BCUT2D eigenvalue weighted by molar-refractivity contribution is -0.146. The Bertz CT molecular complexity index is 1400. The molecular weight excluding hydrogens is 662 g/mol. The van der Waals surface area contributed by atoms with E-state index in [1.165, 1.54) is 20.2 Å². The highest BCUT2D eigenvalue weighted by molar-refractivity contribution is 7.87. The zero-order chi connectivity index (χ0) is 37.8. The topological polar surface area (TPSA) is 186 Å². The minimum absolute atomic E-state index is 0.00789. The van der Waals surface area contributed by atoms with Crippen LogP contribution in [0, 0.1) is 28.1 Å². The van der Waals surface area contributed by atoms with Crippen LogP contribution in [-0.4, -0.2) is 105 Å². The van der Waals surface area contributed by atoms with Gasteiger partial charge in [0.25, 0.3) is 16.1 Å². The van der Waals surface area contributed by atoms with Crippen molar-refractivity contribution in [1.29, 1.82) is 0 Å². The summed E-state index contributed by atoms with van der Waals surface area (Å²) in [6, 6.07) is -4.11. The van der Waals surface area contributed by atoms with Gasteiger partial charge < -0.3 is 26.2 Å². The summed E-state index contributed by atoms with van der Waals surface area (Å²) in [6.07, 6.45) is 6.45. The van der Waals surface area contributed by atoms with Crippen molar-refractivity contribution in [2.75, 3.05) is 33.7 Å². The zero-order valence-electron chi connectivity index (χ0n) is 31.5. The van der Waals surface area contributed by atoms with Gasteiger partial charge in [0.15, 0.2) is 0 Å². The minimum Gasteiger partial charge on any atom is -0.346 e. The molecule has 0 aromatic rings. The van der Waals surface area contributed by atoms with E-state index in [2.05, 4.69) is 46.4 Å². The monoisotopic (exact) mass is 723 g/mol. The van der Waals surface area contributed by atoms with Gasteiger partial charge in [0.05, 0.1) is 6.04 Å². The van der Waals surface area contributed by atoms with E-state index in [0.29, 0.717) is 25.8 Å². The molecule has 2 saturated carbocycles. The van der Waals surface area contributed by atoms with Crippen LogP contribution in [0.15, 0.2) is 12.7 Å². The van der Waals surface area contributed by atoms with Crippen LogP contribution in [0.1, 0.15) is 93.4 Å². The zero-order valence-corrected chi connectivity index (χ0v) is 32.3. The molecular formula is C35H61N7O7S. The fourth-order valence-electron chi connectivity index (χ4n) is 7.76. The summed E-state index contributed by atoms with van der Waals surface area (Å²) in [4.78, 5) is 69.8. The van der Waals surface area contributed by atoms with Gasteiger partial charge in [-0.15, -0.1) is 6.58 Å².